The third kappa shape index (κ3) is 2.31. The van der Waals surface area contributed by atoms with Crippen LogP contribution in [0, 0.1) is 0 Å². The van der Waals surface area contributed by atoms with Gasteiger partial charge >= 0.3 is 6.01 Å². The normalized spacial score (nSPS) is 20.4. The van der Waals surface area contributed by atoms with Gasteiger partial charge in [-0.2, -0.15) is 4.98 Å². The fraction of sp³-hybridized carbons (Fsp3) is 0.667. The van der Waals surface area contributed by atoms with Crippen molar-refractivity contribution >= 4 is 21.7 Å². The van der Waals surface area contributed by atoms with Crippen molar-refractivity contribution < 1.29 is 4.74 Å². The molecule has 0 bridgehead atoms. The molecular weight excluding hydrogens is 296 g/mol. The Balaban J connectivity index is 1.59. The van der Waals surface area contributed by atoms with Gasteiger partial charge in [0, 0.05) is 25.2 Å². The lowest BCUT2D eigenvalue weighted by molar-refractivity contribution is 0.277. The molecule has 1 saturated carbocycles. The molecule has 0 amide bonds. The maximum Gasteiger partial charge on any atom is 0.318 e. The third-order valence-electron chi connectivity index (χ3n) is 3.64. The van der Waals surface area contributed by atoms with E-state index in [4.69, 9.17) is 4.74 Å². The van der Waals surface area contributed by atoms with Gasteiger partial charge in [0.2, 0.25) is 0 Å². The number of rotatable bonds is 4. The van der Waals surface area contributed by atoms with Gasteiger partial charge in [-0.25, -0.2) is 4.98 Å². The van der Waals surface area contributed by atoms with Gasteiger partial charge in [0.1, 0.15) is 5.82 Å². The predicted molar refractivity (Wildman–Crippen MR) is 73.1 cm³/mol. The molecule has 1 saturated heterocycles. The molecule has 5 nitrogen and oxygen atoms in total. The van der Waals surface area contributed by atoms with E-state index in [1.807, 2.05) is 0 Å². The van der Waals surface area contributed by atoms with Crippen LogP contribution in [0.5, 0.6) is 6.01 Å². The zero-order chi connectivity index (χ0) is 12.5. The molecule has 1 aromatic rings. The fourth-order valence-electron chi connectivity index (χ4n) is 2.33. The lowest BCUT2D eigenvalue weighted by atomic mass is 9.91. The van der Waals surface area contributed by atoms with Crippen LogP contribution in [0.15, 0.2) is 10.7 Å². The van der Waals surface area contributed by atoms with E-state index in [0.717, 1.165) is 29.4 Å². The summed E-state index contributed by atoms with van der Waals surface area (Å²) < 4.78 is 5.98. The summed E-state index contributed by atoms with van der Waals surface area (Å²) in [5.41, 5.74) is 0. The molecule has 1 aromatic heterocycles. The number of aromatic nitrogens is 2. The maximum atomic E-state index is 5.06. The van der Waals surface area contributed by atoms with Crippen LogP contribution in [0.3, 0.4) is 0 Å². The Kier molecular flexibility index (Phi) is 3.39. The molecule has 3 rings (SSSR count). The highest BCUT2D eigenvalue weighted by Crippen LogP contribution is 2.29. The second-order valence-corrected chi connectivity index (χ2v) is 5.78. The molecule has 98 valence electrons. The molecule has 18 heavy (non-hydrogen) atoms. The van der Waals surface area contributed by atoms with Gasteiger partial charge in [-0.1, -0.05) is 6.42 Å². The molecule has 6 heteroatoms. The minimum absolute atomic E-state index is 0.420. The highest BCUT2D eigenvalue weighted by molar-refractivity contribution is 9.10. The summed E-state index contributed by atoms with van der Waals surface area (Å²) in [6.07, 6.45) is 5.79. The Bertz CT molecular complexity index is 432. The van der Waals surface area contributed by atoms with E-state index in [1.165, 1.54) is 19.3 Å². The van der Waals surface area contributed by atoms with Gasteiger partial charge < -0.3 is 15.0 Å². The Hall–Kier alpha value is -0.880. The van der Waals surface area contributed by atoms with E-state index in [0.29, 0.717) is 12.1 Å². The Morgan fingerprint density at radius 3 is 2.78 bits per heavy atom. The average Bonchev–Trinajstić information content (AvgIpc) is 2.27. The number of ether oxygens (including phenoxy) is 1. The maximum absolute atomic E-state index is 5.06. The number of hydrogen-bond acceptors (Lipinski definition) is 5. The minimum Gasteiger partial charge on any atom is -0.467 e. The van der Waals surface area contributed by atoms with E-state index >= 15 is 0 Å². The zero-order valence-corrected chi connectivity index (χ0v) is 12.0. The predicted octanol–water partition coefficient (Wildman–Crippen LogP) is 1.58. The van der Waals surface area contributed by atoms with Crippen molar-refractivity contribution in [3.8, 4) is 6.01 Å². The van der Waals surface area contributed by atoms with Crippen LogP contribution in [-0.4, -0.2) is 42.3 Å². The van der Waals surface area contributed by atoms with E-state index in [-0.39, 0.29) is 0 Å². The van der Waals surface area contributed by atoms with Crippen LogP contribution in [0.1, 0.15) is 19.3 Å². The summed E-state index contributed by atoms with van der Waals surface area (Å²) in [5, 5.41) is 3.67. The van der Waals surface area contributed by atoms with Gasteiger partial charge in [0.05, 0.1) is 17.8 Å². The summed E-state index contributed by atoms with van der Waals surface area (Å²) >= 11 is 3.49. The first-order valence-corrected chi connectivity index (χ1v) is 7.13. The largest absolute Gasteiger partial charge is 0.467 e. The van der Waals surface area contributed by atoms with Crippen molar-refractivity contribution in [1.82, 2.24) is 15.3 Å². The number of anilines is 1. The molecule has 1 aliphatic carbocycles. The summed E-state index contributed by atoms with van der Waals surface area (Å²) in [4.78, 5) is 10.7. The summed E-state index contributed by atoms with van der Waals surface area (Å²) in [7, 11) is 1.59. The Labute approximate surface area is 115 Å². The van der Waals surface area contributed by atoms with Crippen molar-refractivity contribution in [3.63, 3.8) is 0 Å². The van der Waals surface area contributed by atoms with Crippen molar-refractivity contribution in [2.24, 2.45) is 0 Å². The first-order chi connectivity index (χ1) is 8.76. The first kappa shape index (κ1) is 12.2. The topological polar surface area (TPSA) is 50.3 Å². The molecule has 0 spiro atoms. The highest BCUT2D eigenvalue weighted by Gasteiger charge is 2.32. The minimum atomic E-state index is 0.420. The molecule has 0 radical (unpaired) electrons. The average molecular weight is 313 g/mol. The Morgan fingerprint density at radius 2 is 2.17 bits per heavy atom. The number of methoxy groups -OCH3 is 1. The second kappa shape index (κ2) is 5.01. The van der Waals surface area contributed by atoms with Crippen LogP contribution < -0.4 is 15.0 Å². The smallest absolute Gasteiger partial charge is 0.318 e. The monoisotopic (exact) mass is 312 g/mol. The van der Waals surface area contributed by atoms with Crippen LogP contribution in [0.2, 0.25) is 0 Å². The molecule has 2 fully saturated rings. The third-order valence-corrected chi connectivity index (χ3v) is 4.20. The zero-order valence-electron chi connectivity index (χ0n) is 10.4. The quantitative estimate of drug-likeness (QED) is 0.914. The molecule has 2 aliphatic rings. The van der Waals surface area contributed by atoms with Gasteiger partial charge in [-0.05, 0) is 28.8 Å². The highest BCUT2D eigenvalue weighted by atomic mass is 79.9. The standard InChI is InChI=1S/C12H17BrN4O/c1-18-12-14-5-10(13)11(16-12)17-6-9(7-17)15-8-3-2-4-8/h5,8-9,15H,2-4,6-7H2,1H3. The van der Waals surface area contributed by atoms with Crippen LogP contribution in [0.25, 0.3) is 0 Å². The number of halogens is 1. The van der Waals surface area contributed by atoms with E-state index in [9.17, 15) is 0 Å². The fourth-order valence-corrected chi connectivity index (χ4v) is 2.77. The van der Waals surface area contributed by atoms with Crippen molar-refractivity contribution in [3.05, 3.63) is 10.7 Å². The lowest BCUT2D eigenvalue weighted by Gasteiger charge is -2.44. The van der Waals surface area contributed by atoms with Gasteiger partial charge in [-0.15, -0.1) is 0 Å². The lowest BCUT2D eigenvalue weighted by Crippen LogP contribution is -2.61. The molecule has 0 atom stereocenters. The van der Waals surface area contributed by atoms with Crippen molar-refractivity contribution in [2.45, 2.75) is 31.3 Å². The van der Waals surface area contributed by atoms with Crippen molar-refractivity contribution in [1.29, 1.82) is 0 Å². The van der Waals surface area contributed by atoms with Crippen LogP contribution in [0.4, 0.5) is 5.82 Å². The Morgan fingerprint density at radius 1 is 1.39 bits per heavy atom. The molecule has 2 heterocycles. The summed E-state index contributed by atoms with van der Waals surface area (Å²) in [6.45, 7) is 2.02. The van der Waals surface area contributed by atoms with Gasteiger partial charge in [0.15, 0.2) is 0 Å². The molecule has 0 unspecified atom stereocenters. The molecule has 0 aromatic carbocycles. The summed E-state index contributed by atoms with van der Waals surface area (Å²) in [6, 6.07) is 1.77. The van der Waals surface area contributed by atoms with E-state index in [1.54, 1.807) is 13.3 Å². The van der Waals surface area contributed by atoms with E-state index < -0.39 is 0 Å². The number of nitrogens with zero attached hydrogens (tertiary/aromatic N) is 3. The van der Waals surface area contributed by atoms with Crippen molar-refractivity contribution in [2.75, 3.05) is 25.1 Å². The number of hydrogen-bond donors (Lipinski definition) is 1. The molecule has 1 aliphatic heterocycles. The summed E-state index contributed by atoms with van der Waals surface area (Å²) in [5.74, 6) is 0.925. The molecule has 1 N–H and O–H groups in total. The van der Waals surface area contributed by atoms with Gasteiger partial charge in [-0.3, -0.25) is 0 Å². The van der Waals surface area contributed by atoms with E-state index in [2.05, 4.69) is 36.1 Å². The SMILES string of the molecule is COc1ncc(Br)c(N2CC(NC3CCC3)C2)n1. The van der Waals surface area contributed by atoms with Gasteiger partial charge in [0.25, 0.3) is 0 Å². The van der Waals surface area contributed by atoms with Crippen LogP contribution >= 0.6 is 15.9 Å². The van der Waals surface area contributed by atoms with Crippen LogP contribution in [-0.2, 0) is 0 Å². The molecular formula is C12H17BrN4O. The number of nitrogens with one attached hydrogen (secondary N) is 1. The second-order valence-electron chi connectivity index (χ2n) is 4.92. The first-order valence-electron chi connectivity index (χ1n) is 6.34.